The molecule has 0 saturated heterocycles. The van der Waals surface area contributed by atoms with E-state index in [1.54, 1.807) is 12.5 Å². The molecule has 0 aliphatic carbocycles. The number of urea groups is 1. The first-order valence-corrected chi connectivity index (χ1v) is 10.9. The fourth-order valence-corrected chi connectivity index (χ4v) is 3.56. The maximum Gasteiger partial charge on any atom is 0.322 e. The number of para-hydroxylation sites is 2. The zero-order chi connectivity index (χ0) is 22.1. The van der Waals surface area contributed by atoms with E-state index in [-0.39, 0.29) is 6.03 Å². The van der Waals surface area contributed by atoms with E-state index in [1.165, 1.54) is 0 Å². The normalized spacial score (nSPS) is 10.8. The molecule has 0 fully saturated rings. The molecule has 1 heterocycles. The number of ether oxygens (including phenoxy) is 1. The minimum Gasteiger partial charge on any atom is -0.494 e. The van der Waals surface area contributed by atoms with Crippen LogP contribution in [0.1, 0.15) is 44.2 Å². The smallest absolute Gasteiger partial charge is 0.322 e. The summed E-state index contributed by atoms with van der Waals surface area (Å²) in [6, 6.07) is 15.8. The van der Waals surface area contributed by atoms with Crippen molar-refractivity contribution in [2.24, 2.45) is 0 Å². The molecule has 6 heteroatoms. The predicted octanol–water partition coefficient (Wildman–Crippen LogP) is 5.53. The molecule has 1 N–H and O–H groups in total. The second-order valence-corrected chi connectivity index (χ2v) is 7.79. The van der Waals surface area contributed by atoms with E-state index in [9.17, 15) is 4.79 Å². The number of nitrogens with zero attached hydrogens (tertiary/aromatic N) is 3. The highest BCUT2D eigenvalue weighted by Crippen LogP contribution is 2.25. The van der Waals surface area contributed by atoms with Crippen LogP contribution in [0.2, 0.25) is 0 Å². The zero-order valence-electron chi connectivity index (χ0n) is 18.6. The van der Waals surface area contributed by atoms with Crippen LogP contribution in [0.4, 0.5) is 10.5 Å². The largest absolute Gasteiger partial charge is 0.494 e. The van der Waals surface area contributed by atoms with Crippen LogP contribution < -0.4 is 10.1 Å². The average molecular weight is 421 g/mol. The van der Waals surface area contributed by atoms with Crippen LogP contribution in [0, 0.1) is 0 Å². The van der Waals surface area contributed by atoms with Crippen molar-refractivity contribution < 1.29 is 9.53 Å². The highest BCUT2D eigenvalue weighted by molar-refractivity contribution is 5.90. The van der Waals surface area contributed by atoms with Gasteiger partial charge in [-0.2, -0.15) is 0 Å². The number of anilines is 1. The highest BCUT2D eigenvalue weighted by Gasteiger charge is 2.18. The number of carbonyl (C=O) groups excluding carboxylic acids is 1. The molecular formula is C25H32N4O2. The second kappa shape index (κ2) is 11.2. The third-order valence-corrected chi connectivity index (χ3v) is 5.15. The van der Waals surface area contributed by atoms with Gasteiger partial charge in [-0.15, -0.1) is 0 Å². The van der Waals surface area contributed by atoms with Crippen LogP contribution in [-0.4, -0.2) is 33.6 Å². The Bertz CT molecular complexity index is 954. The van der Waals surface area contributed by atoms with Crippen LogP contribution in [0.3, 0.4) is 0 Å². The van der Waals surface area contributed by atoms with Gasteiger partial charge in [0.1, 0.15) is 5.75 Å². The van der Waals surface area contributed by atoms with Crippen LogP contribution in [0.25, 0.3) is 0 Å². The number of carbonyl (C=O) groups is 1. The van der Waals surface area contributed by atoms with Crippen molar-refractivity contribution in [1.82, 2.24) is 14.5 Å². The summed E-state index contributed by atoms with van der Waals surface area (Å²) in [5.74, 6) is 1.14. The molecule has 164 valence electrons. The van der Waals surface area contributed by atoms with Crippen molar-refractivity contribution in [2.45, 2.75) is 46.2 Å². The number of hydrogen-bond donors (Lipinski definition) is 1. The molecule has 2 amide bonds. The topological polar surface area (TPSA) is 59.4 Å². The van der Waals surface area contributed by atoms with Crippen LogP contribution in [-0.2, 0) is 13.1 Å². The van der Waals surface area contributed by atoms with Gasteiger partial charge in [-0.1, -0.05) is 50.2 Å². The molecule has 3 aromatic rings. The van der Waals surface area contributed by atoms with Crippen molar-refractivity contribution in [1.29, 1.82) is 0 Å². The van der Waals surface area contributed by atoms with Gasteiger partial charge in [0.25, 0.3) is 0 Å². The summed E-state index contributed by atoms with van der Waals surface area (Å²) in [5, 5.41) is 3.13. The van der Waals surface area contributed by atoms with Gasteiger partial charge < -0.3 is 19.5 Å². The van der Waals surface area contributed by atoms with Crippen LogP contribution in [0.15, 0.2) is 67.3 Å². The predicted molar refractivity (Wildman–Crippen MR) is 124 cm³/mol. The molecule has 1 aromatic heterocycles. The van der Waals surface area contributed by atoms with E-state index in [4.69, 9.17) is 4.74 Å². The van der Waals surface area contributed by atoms with Crippen molar-refractivity contribution in [3.63, 3.8) is 0 Å². The summed E-state index contributed by atoms with van der Waals surface area (Å²) in [6.45, 7) is 8.73. The Morgan fingerprint density at radius 2 is 1.94 bits per heavy atom. The lowest BCUT2D eigenvalue weighted by Crippen LogP contribution is -2.36. The molecule has 0 bridgehead atoms. The summed E-state index contributed by atoms with van der Waals surface area (Å²) in [6.07, 6.45) is 6.33. The van der Waals surface area contributed by atoms with Gasteiger partial charge in [0.05, 0.1) is 19.5 Å². The minimum absolute atomic E-state index is 0.106. The van der Waals surface area contributed by atoms with Crippen molar-refractivity contribution >= 4 is 11.7 Å². The number of aromatic nitrogens is 2. The van der Waals surface area contributed by atoms with E-state index in [0.717, 1.165) is 35.5 Å². The van der Waals surface area contributed by atoms with Gasteiger partial charge in [0.2, 0.25) is 0 Å². The van der Waals surface area contributed by atoms with Gasteiger partial charge in [-0.3, -0.25) is 0 Å². The van der Waals surface area contributed by atoms with E-state index in [0.29, 0.717) is 25.6 Å². The Kier molecular flexibility index (Phi) is 8.10. The molecule has 0 atom stereocenters. The van der Waals surface area contributed by atoms with E-state index >= 15 is 0 Å². The zero-order valence-corrected chi connectivity index (χ0v) is 18.6. The maximum atomic E-state index is 13.3. The molecule has 0 saturated carbocycles. The molecule has 31 heavy (non-hydrogen) atoms. The Morgan fingerprint density at radius 1 is 1.16 bits per heavy atom. The minimum atomic E-state index is -0.106. The van der Waals surface area contributed by atoms with Gasteiger partial charge in [0, 0.05) is 36.7 Å². The Balaban J connectivity index is 1.77. The quantitative estimate of drug-likeness (QED) is 0.469. The first-order chi connectivity index (χ1) is 15.1. The number of benzene rings is 2. The van der Waals surface area contributed by atoms with E-state index < -0.39 is 0 Å². The first kappa shape index (κ1) is 22.4. The average Bonchev–Trinajstić information content (AvgIpc) is 3.28. The maximum absolute atomic E-state index is 13.3. The fourth-order valence-electron chi connectivity index (χ4n) is 3.56. The molecule has 0 unspecified atom stereocenters. The molecule has 0 spiro atoms. The van der Waals surface area contributed by atoms with Gasteiger partial charge in [-0.05, 0) is 37.0 Å². The summed E-state index contributed by atoms with van der Waals surface area (Å²) in [4.78, 5) is 19.3. The lowest BCUT2D eigenvalue weighted by Gasteiger charge is -2.25. The number of nitrogens with one attached hydrogen (secondary N) is 1. The molecule has 3 rings (SSSR count). The van der Waals surface area contributed by atoms with Gasteiger partial charge >= 0.3 is 6.03 Å². The third kappa shape index (κ3) is 6.35. The summed E-state index contributed by atoms with van der Waals surface area (Å²) >= 11 is 0. The third-order valence-electron chi connectivity index (χ3n) is 5.15. The Morgan fingerprint density at radius 3 is 2.68 bits per heavy atom. The summed E-state index contributed by atoms with van der Waals surface area (Å²) in [5.41, 5.74) is 2.99. The highest BCUT2D eigenvalue weighted by atomic mass is 16.5. The van der Waals surface area contributed by atoms with Gasteiger partial charge in [0.15, 0.2) is 0 Å². The standard InChI is InChI=1S/C25H32N4O2/c1-4-31-24-13-8-5-10-21(24)18-29(16-9-15-28-17-14-26-19-28)25(30)27-23-12-7-6-11-22(23)20(2)3/h5-8,10-14,17,19-20H,4,9,15-16,18H2,1-3H3,(H,27,30). The first-order valence-electron chi connectivity index (χ1n) is 10.9. The van der Waals surface area contributed by atoms with Crippen molar-refractivity contribution in [3.05, 3.63) is 78.4 Å². The summed E-state index contributed by atoms with van der Waals surface area (Å²) < 4.78 is 7.81. The molecule has 0 radical (unpaired) electrons. The van der Waals surface area contributed by atoms with Crippen LogP contribution in [0.5, 0.6) is 5.75 Å². The molecule has 2 aromatic carbocycles. The molecule has 0 aliphatic heterocycles. The monoisotopic (exact) mass is 420 g/mol. The van der Waals surface area contributed by atoms with Gasteiger partial charge in [-0.25, -0.2) is 9.78 Å². The SMILES string of the molecule is CCOc1ccccc1CN(CCCn1ccnc1)C(=O)Nc1ccccc1C(C)C. The molecule has 6 nitrogen and oxygen atoms in total. The van der Waals surface area contributed by atoms with Crippen molar-refractivity contribution in [2.75, 3.05) is 18.5 Å². The lowest BCUT2D eigenvalue weighted by atomic mass is 10.0. The number of hydrogen-bond acceptors (Lipinski definition) is 3. The second-order valence-electron chi connectivity index (χ2n) is 7.79. The number of aryl methyl sites for hydroxylation is 1. The fraction of sp³-hybridized carbons (Fsp3) is 0.360. The Labute approximate surface area is 184 Å². The van der Waals surface area contributed by atoms with Crippen molar-refractivity contribution in [3.8, 4) is 5.75 Å². The molecule has 0 aliphatic rings. The van der Waals surface area contributed by atoms with Crippen LogP contribution >= 0.6 is 0 Å². The van der Waals surface area contributed by atoms with E-state index in [1.807, 2.05) is 65.1 Å². The number of imidazole rings is 1. The number of rotatable bonds is 10. The lowest BCUT2D eigenvalue weighted by molar-refractivity contribution is 0.206. The molecular weight excluding hydrogens is 388 g/mol. The number of amides is 2. The summed E-state index contributed by atoms with van der Waals surface area (Å²) in [7, 11) is 0. The van der Waals surface area contributed by atoms with E-state index in [2.05, 4.69) is 30.2 Å². The Hall–Kier alpha value is -3.28.